The molecule has 1 aliphatic carbocycles. The molecule has 1 fully saturated rings. The quantitative estimate of drug-likeness (QED) is 0.602. The average Bonchev–Trinajstić information content (AvgIpc) is 3.23. The van der Waals surface area contributed by atoms with E-state index >= 15 is 0 Å². The molecule has 0 bridgehead atoms. The van der Waals surface area contributed by atoms with Crippen LogP contribution in [0.25, 0.3) is 11.1 Å². The third kappa shape index (κ3) is 4.74. The van der Waals surface area contributed by atoms with Gasteiger partial charge in [-0.1, -0.05) is 42.5 Å². The zero-order chi connectivity index (χ0) is 20.1. The van der Waals surface area contributed by atoms with Crippen LogP contribution in [0.15, 0.2) is 66.9 Å². The molecule has 2 N–H and O–H groups in total. The minimum atomic E-state index is -0.433. The molecule has 1 amide bonds. The molecule has 1 heterocycles. The molecule has 3 aromatic rings. The lowest BCUT2D eigenvalue weighted by molar-refractivity contribution is 0.114. The van der Waals surface area contributed by atoms with Crippen molar-refractivity contribution >= 4 is 11.8 Å². The van der Waals surface area contributed by atoms with Gasteiger partial charge in [0.2, 0.25) is 0 Å². The maximum atomic E-state index is 12.1. The third-order valence-corrected chi connectivity index (χ3v) is 5.21. The summed E-state index contributed by atoms with van der Waals surface area (Å²) in [6.07, 6.45) is 5.92. The minimum absolute atomic E-state index is 0.0166. The molecule has 0 aliphatic heterocycles. The van der Waals surface area contributed by atoms with E-state index in [1.165, 1.54) is 0 Å². The van der Waals surface area contributed by atoms with E-state index < -0.39 is 6.09 Å². The Morgan fingerprint density at radius 3 is 2.66 bits per heavy atom. The number of carbonyl (C=O) groups is 1. The first-order valence-corrected chi connectivity index (χ1v) is 9.98. The molecular formula is C24H24N2O3. The summed E-state index contributed by atoms with van der Waals surface area (Å²) in [5.74, 6) is 0.155. The summed E-state index contributed by atoms with van der Waals surface area (Å²) >= 11 is 0. The molecule has 5 heteroatoms. The number of rotatable bonds is 5. The Labute approximate surface area is 170 Å². The number of aromatic hydroxyl groups is 1. The highest BCUT2D eigenvalue weighted by molar-refractivity contribution is 5.86. The van der Waals surface area contributed by atoms with Crippen LogP contribution in [0, 0.1) is 0 Å². The lowest BCUT2D eigenvalue weighted by Gasteiger charge is -2.13. The lowest BCUT2D eigenvalue weighted by atomic mass is 10.0. The molecule has 0 saturated heterocycles. The van der Waals surface area contributed by atoms with Crippen molar-refractivity contribution in [3.8, 4) is 16.9 Å². The molecule has 29 heavy (non-hydrogen) atoms. The van der Waals surface area contributed by atoms with Crippen molar-refractivity contribution in [2.45, 2.75) is 38.2 Å². The molecule has 5 nitrogen and oxygen atoms in total. The van der Waals surface area contributed by atoms with Crippen LogP contribution in [0.5, 0.6) is 5.75 Å². The van der Waals surface area contributed by atoms with Crippen LogP contribution in [-0.2, 0) is 11.2 Å². The van der Waals surface area contributed by atoms with Gasteiger partial charge in [-0.2, -0.15) is 0 Å². The topological polar surface area (TPSA) is 71.5 Å². The van der Waals surface area contributed by atoms with Gasteiger partial charge in [0.1, 0.15) is 11.9 Å². The highest BCUT2D eigenvalue weighted by atomic mass is 16.6. The minimum Gasteiger partial charge on any atom is -0.505 e. The number of nitrogens with one attached hydrogen (secondary N) is 1. The number of hydrogen-bond donors (Lipinski definition) is 2. The fourth-order valence-corrected chi connectivity index (χ4v) is 3.72. The van der Waals surface area contributed by atoms with Crippen LogP contribution in [0.3, 0.4) is 0 Å². The van der Waals surface area contributed by atoms with Crippen LogP contribution < -0.4 is 5.32 Å². The molecule has 148 valence electrons. The van der Waals surface area contributed by atoms with Crippen molar-refractivity contribution in [3.63, 3.8) is 0 Å². The number of hydrogen-bond acceptors (Lipinski definition) is 4. The van der Waals surface area contributed by atoms with Crippen molar-refractivity contribution in [1.82, 2.24) is 4.98 Å². The zero-order valence-corrected chi connectivity index (χ0v) is 16.2. The van der Waals surface area contributed by atoms with E-state index in [4.69, 9.17) is 4.74 Å². The van der Waals surface area contributed by atoms with E-state index in [-0.39, 0.29) is 11.9 Å². The van der Waals surface area contributed by atoms with E-state index in [0.29, 0.717) is 23.4 Å². The monoisotopic (exact) mass is 388 g/mol. The summed E-state index contributed by atoms with van der Waals surface area (Å²) < 4.78 is 5.46. The van der Waals surface area contributed by atoms with Gasteiger partial charge in [0.25, 0.3) is 0 Å². The normalized spacial score (nSPS) is 13.9. The highest BCUT2D eigenvalue weighted by Gasteiger charge is 2.19. The van der Waals surface area contributed by atoms with Gasteiger partial charge in [-0.15, -0.1) is 0 Å². The number of ether oxygens (including phenoxy) is 1. The summed E-state index contributed by atoms with van der Waals surface area (Å²) in [4.78, 5) is 16.5. The van der Waals surface area contributed by atoms with Gasteiger partial charge in [-0.25, -0.2) is 4.79 Å². The standard InChI is InChI=1S/C24H24N2O3/c27-23-21(13-14-25-22(23)15-17-7-2-1-3-8-17)18-9-6-10-19(16-18)26-24(28)29-20-11-4-5-12-20/h1-3,6-10,13-14,16,20,27H,4-5,11-12,15H2,(H,26,28). The second-order valence-corrected chi connectivity index (χ2v) is 7.33. The number of pyridine rings is 1. The largest absolute Gasteiger partial charge is 0.505 e. The fraction of sp³-hybridized carbons (Fsp3) is 0.250. The zero-order valence-electron chi connectivity index (χ0n) is 16.2. The second kappa shape index (κ2) is 8.78. The first kappa shape index (κ1) is 19.0. The second-order valence-electron chi connectivity index (χ2n) is 7.33. The summed E-state index contributed by atoms with van der Waals surface area (Å²) in [6, 6.07) is 19.1. The van der Waals surface area contributed by atoms with Crippen LogP contribution >= 0.6 is 0 Å². The van der Waals surface area contributed by atoms with E-state index in [9.17, 15) is 9.90 Å². The Hall–Kier alpha value is -3.34. The summed E-state index contributed by atoms with van der Waals surface area (Å²) in [5, 5.41) is 13.6. The maximum Gasteiger partial charge on any atom is 0.411 e. The van der Waals surface area contributed by atoms with Gasteiger partial charge < -0.3 is 9.84 Å². The molecule has 4 rings (SSSR count). The van der Waals surface area contributed by atoms with Gasteiger partial charge >= 0.3 is 6.09 Å². The highest BCUT2D eigenvalue weighted by Crippen LogP contribution is 2.33. The molecule has 0 atom stereocenters. The van der Waals surface area contributed by atoms with E-state index in [1.807, 2.05) is 54.6 Å². The van der Waals surface area contributed by atoms with Crippen molar-refractivity contribution in [3.05, 3.63) is 78.1 Å². The summed E-state index contributed by atoms with van der Waals surface area (Å²) in [5.41, 5.74) is 3.81. The molecule has 2 aromatic carbocycles. The number of aromatic nitrogens is 1. The predicted octanol–water partition coefficient (Wildman–Crippen LogP) is 5.54. The molecular weight excluding hydrogens is 364 g/mol. The predicted molar refractivity (Wildman–Crippen MR) is 113 cm³/mol. The van der Waals surface area contributed by atoms with E-state index in [1.54, 1.807) is 12.3 Å². The average molecular weight is 388 g/mol. The van der Waals surface area contributed by atoms with Gasteiger partial charge in [0.05, 0.1) is 5.69 Å². The molecule has 1 aromatic heterocycles. The fourth-order valence-electron chi connectivity index (χ4n) is 3.72. The van der Waals surface area contributed by atoms with E-state index in [0.717, 1.165) is 36.8 Å². The molecule has 0 radical (unpaired) electrons. The van der Waals surface area contributed by atoms with Crippen LogP contribution in [-0.4, -0.2) is 22.3 Å². The Bertz CT molecular complexity index is 982. The SMILES string of the molecule is O=C(Nc1cccc(-c2ccnc(Cc3ccccc3)c2O)c1)OC1CCCC1. The smallest absolute Gasteiger partial charge is 0.411 e. The van der Waals surface area contributed by atoms with Crippen LogP contribution in [0.4, 0.5) is 10.5 Å². The Morgan fingerprint density at radius 2 is 1.86 bits per heavy atom. The number of nitrogens with zero attached hydrogens (tertiary/aromatic N) is 1. The van der Waals surface area contributed by atoms with Crippen LogP contribution in [0.2, 0.25) is 0 Å². The van der Waals surface area contributed by atoms with Crippen LogP contribution in [0.1, 0.15) is 36.9 Å². The Kier molecular flexibility index (Phi) is 5.75. The maximum absolute atomic E-state index is 12.1. The third-order valence-electron chi connectivity index (χ3n) is 5.21. The first-order valence-electron chi connectivity index (χ1n) is 9.98. The molecule has 0 spiro atoms. The van der Waals surface area contributed by atoms with Crippen molar-refractivity contribution < 1.29 is 14.6 Å². The first-order chi connectivity index (χ1) is 14.2. The number of anilines is 1. The van der Waals surface area contributed by atoms with Gasteiger partial charge in [-0.05, 0) is 55.0 Å². The van der Waals surface area contributed by atoms with Gasteiger partial charge in [-0.3, -0.25) is 10.3 Å². The van der Waals surface area contributed by atoms with E-state index in [2.05, 4.69) is 10.3 Å². The van der Waals surface area contributed by atoms with Crippen molar-refractivity contribution in [2.24, 2.45) is 0 Å². The van der Waals surface area contributed by atoms with Gasteiger partial charge in [0.15, 0.2) is 0 Å². The lowest BCUT2D eigenvalue weighted by Crippen LogP contribution is -2.20. The summed E-state index contributed by atoms with van der Waals surface area (Å²) in [6.45, 7) is 0. The molecule has 0 unspecified atom stereocenters. The number of benzene rings is 2. The molecule has 1 aliphatic rings. The summed E-state index contributed by atoms with van der Waals surface area (Å²) in [7, 11) is 0. The van der Waals surface area contributed by atoms with Crippen molar-refractivity contribution in [2.75, 3.05) is 5.32 Å². The Morgan fingerprint density at radius 1 is 1.07 bits per heavy atom. The van der Waals surface area contributed by atoms with Crippen molar-refractivity contribution in [1.29, 1.82) is 0 Å². The molecule has 1 saturated carbocycles. The number of carbonyl (C=O) groups excluding carboxylic acids is 1. The van der Waals surface area contributed by atoms with Gasteiger partial charge in [0, 0.05) is 23.9 Å². The Balaban J connectivity index is 1.51. The number of amides is 1.